The maximum atomic E-state index is 12.3. The summed E-state index contributed by atoms with van der Waals surface area (Å²) in [4.78, 5) is 12.3. The summed E-state index contributed by atoms with van der Waals surface area (Å²) in [5.41, 5.74) is 3.19. The first-order valence-electron chi connectivity index (χ1n) is 6.00. The second kappa shape index (κ2) is 3.84. The SMILES string of the molecule is COCOc1ccc(C)c2c1C(=O)[C@H]1C[C@H]1C2. The summed E-state index contributed by atoms with van der Waals surface area (Å²) in [6, 6.07) is 3.91. The monoisotopic (exact) mass is 232 g/mol. The molecule has 1 aromatic rings. The number of rotatable bonds is 3. The van der Waals surface area contributed by atoms with Gasteiger partial charge in [-0.2, -0.15) is 0 Å². The number of hydrogen-bond donors (Lipinski definition) is 0. The normalized spacial score (nSPS) is 25.2. The molecule has 90 valence electrons. The van der Waals surface area contributed by atoms with E-state index >= 15 is 0 Å². The second-order valence-electron chi connectivity index (χ2n) is 4.96. The Hall–Kier alpha value is -1.35. The Labute approximate surface area is 101 Å². The summed E-state index contributed by atoms with van der Waals surface area (Å²) in [5.74, 6) is 1.80. The molecule has 0 heterocycles. The second-order valence-corrected chi connectivity index (χ2v) is 4.96. The number of methoxy groups -OCH3 is 1. The first kappa shape index (κ1) is 10.8. The van der Waals surface area contributed by atoms with E-state index in [4.69, 9.17) is 9.47 Å². The number of ketones is 1. The Bertz CT molecular complexity index is 479. The van der Waals surface area contributed by atoms with E-state index in [2.05, 4.69) is 6.92 Å². The number of hydrogen-bond acceptors (Lipinski definition) is 3. The molecule has 0 unspecified atom stereocenters. The summed E-state index contributed by atoms with van der Waals surface area (Å²) in [6.07, 6.45) is 2.08. The number of ether oxygens (including phenoxy) is 2. The number of aryl methyl sites for hydroxylation is 1. The van der Waals surface area contributed by atoms with Crippen LogP contribution in [0.5, 0.6) is 5.75 Å². The lowest BCUT2D eigenvalue weighted by Gasteiger charge is -2.20. The van der Waals surface area contributed by atoms with Gasteiger partial charge in [0.1, 0.15) is 5.75 Å². The fraction of sp³-hybridized carbons (Fsp3) is 0.500. The van der Waals surface area contributed by atoms with Crippen molar-refractivity contribution >= 4 is 5.78 Å². The smallest absolute Gasteiger partial charge is 0.188 e. The highest BCUT2D eigenvalue weighted by Gasteiger charge is 2.48. The third-order valence-corrected chi connectivity index (χ3v) is 3.81. The molecule has 3 heteroatoms. The maximum Gasteiger partial charge on any atom is 0.188 e. The van der Waals surface area contributed by atoms with Gasteiger partial charge in [-0.1, -0.05) is 6.07 Å². The standard InChI is InChI=1S/C14H16O3/c1-8-3-4-12(17-7-16-2)13-10(8)5-9-6-11(9)14(13)15/h3-4,9,11H,5-7H2,1-2H3/t9-,11+/m1/s1. The molecule has 3 nitrogen and oxygen atoms in total. The molecule has 0 N–H and O–H groups in total. The van der Waals surface area contributed by atoms with Crippen LogP contribution in [0.3, 0.4) is 0 Å². The van der Waals surface area contributed by atoms with Crippen LogP contribution in [0.25, 0.3) is 0 Å². The zero-order chi connectivity index (χ0) is 12.0. The van der Waals surface area contributed by atoms with Crippen molar-refractivity contribution in [2.75, 3.05) is 13.9 Å². The van der Waals surface area contributed by atoms with E-state index in [-0.39, 0.29) is 18.5 Å². The van der Waals surface area contributed by atoms with E-state index in [0.717, 1.165) is 18.4 Å². The molecule has 0 amide bonds. The molecule has 2 aliphatic carbocycles. The van der Waals surface area contributed by atoms with Crippen molar-refractivity contribution in [2.45, 2.75) is 19.8 Å². The molecular weight excluding hydrogens is 216 g/mol. The van der Waals surface area contributed by atoms with Crippen molar-refractivity contribution in [1.29, 1.82) is 0 Å². The molecule has 0 bridgehead atoms. The van der Waals surface area contributed by atoms with Crippen LogP contribution in [0, 0.1) is 18.8 Å². The zero-order valence-electron chi connectivity index (χ0n) is 10.2. The average molecular weight is 232 g/mol. The van der Waals surface area contributed by atoms with Crippen molar-refractivity contribution in [1.82, 2.24) is 0 Å². The molecule has 0 aliphatic heterocycles. The number of benzene rings is 1. The van der Waals surface area contributed by atoms with E-state index in [0.29, 0.717) is 11.7 Å². The zero-order valence-corrected chi connectivity index (χ0v) is 10.2. The van der Waals surface area contributed by atoms with Crippen LogP contribution in [0.2, 0.25) is 0 Å². The molecule has 1 fully saturated rings. The fourth-order valence-electron chi connectivity index (χ4n) is 2.75. The predicted octanol–water partition coefficient (Wildman–Crippen LogP) is 2.35. The van der Waals surface area contributed by atoms with Gasteiger partial charge >= 0.3 is 0 Å². The molecule has 1 saturated carbocycles. The van der Waals surface area contributed by atoms with Crippen molar-refractivity contribution in [3.8, 4) is 5.75 Å². The molecule has 2 atom stereocenters. The van der Waals surface area contributed by atoms with Crippen LogP contribution in [-0.2, 0) is 11.2 Å². The van der Waals surface area contributed by atoms with Crippen molar-refractivity contribution in [2.24, 2.45) is 11.8 Å². The van der Waals surface area contributed by atoms with Crippen LogP contribution in [-0.4, -0.2) is 19.7 Å². The van der Waals surface area contributed by atoms with E-state index in [9.17, 15) is 4.79 Å². The minimum absolute atomic E-state index is 0.191. The van der Waals surface area contributed by atoms with Gasteiger partial charge in [-0.15, -0.1) is 0 Å². The first-order chi connectivity index (χ1) is 8.22. The quantitative estimate of drug-likeness (QED) is 0.750. The van der Waals surface area contributed by atoms with E-state index in [1.165, 1.54) is 11.1 Å². The fourth-order valence-corrected chi connectivity index (χ4v) is 2.75. The van der Waals surface area contributed by atoms with Crippen molar-refractivity contribution in [3.63, 3.8) is 0 Å². The van der Waals surface area contributed by atoms with Crippen LogP contribution >= 0.6 is 0 Å². The van der Waals surface area contributed by atoms with Gasteiger partial charge in [0.15, 0.2) is 12.6 Å². The average Bonchev–Trinajstić information content (AvgIpc) is 3.09. The Morgan fingerprint density at radius 1 is 1.41 bits per heavy atom. The van der Waals surface area contributed by atoms with Crippen LogP contribution in [0.4, 0.5) is 0 Å². The molecule has 0 saturated heterocycles. The van der Waals surface area contributed by atoms with E-state index < -0.39 is 0 Å². The highest BCUT2D eigenvalue weighted by molar-refractivity contribution is 6.04. The van der Waals surface area contributed by atoms with Gasteiger partial charge in [0.25, 0.3) is 0 Å². The molecule has 0 spiro atoms. The lowest BCUT2D eigenvalue weighted by Crippen LogP contribution is -2.17. The third-order valence-electron chi connectivity index (χ3n) is 3.81. The minimum Gasteiger partial charge on any atom is -0.467 e. The van der Waals surface area contributed by atoms with Crippen molar-refractivity contribution < 1.29 is 14.3 Å². The summed E-state index contributed by atoms with van der Waals surface area (Å²) in [7, 11) is 1.58. The Morgan fingerprint density at radius 3 is 3.00 bits per heavy atom. The number of carbonyl (C=O) groups is 1. The van der Waals surface area contributed by atoms with E-state index in [1.807, 2.05) is 12.1 Å². The summed E-state index contributed by atoms with van der Waals surface area (Å²) < 4.78 is 10.4. The van der Waals surface area contributed by atoms with E-state index in [1.54, 1.807) is 7.11 Å². The van der Waals surface area contributed by atoms with Crippen LogP contribution in [0.15, 0.2) is 12.1 Å². The van der Waals surface area contributed by atoms with Gasteiger partial charge in [0.2, 0.25) is 0 Å². The largest absolute Gasteiger partial charge is 0.467 e. The minimum atomic E-state index is 0.191. The summed E-state index contributed by atoms with van der Waals surface area (Å²) in [6.45, 7) is 2.26. The van der Waals surface area contributed by atoms with Gasteiger partial charge in [-0.3, -0.25) is 4.79 Å². The predicted molar refractivity (Wildman–Crippen MR) is 63.3 cm³/mol. The van der Waals surface area contributed by atoms with Gasteiger partial charge in [-0.25, -0.2) is 0 Å². The Balaban J connectivity index is 2.04. The number of Topliss-reactive ketones (excluding diaryl/α,β-unsaturated/α-hetero) is 1. The summed E-state index contributed by atoms with van der Waals surface area (Å²) in [5, 5.41) is 0. The van der Waals surface area contributed by atoms with Gasteiger partial charge < -0.3 is 9.47 Å². The molecule has 1 aromatic carbocycles. The maximum absolute atomic E-state index is 12.3. The summed E-state index contributed by atoms with van der Waals surface area (Å²) >= 11 is 0. The molecule has 3 rings (SSSR count). The molecule has 0 aromatic heterocycles. The molecule has 0 radical (unpaired) electrons. The Kier molecular flexibility index (Phi) is 2.44. The third kappa shape index (κ3) is 1.65. The van der Waals surface area contributed by atoms with Crippen LogP contribution < -0.4 is 4.74 Å². The number of fused-ring (bicyclic) bond motifs is 2. The Morgan fingerprint density at radius 2 is 2.24 bits per heavy atom. The first-order valence-corrected chi connectivity index (χ1v) is 6.00. The lowest BCUT2D eigenvalue weighted by molar-refractivity contribution is 0.0499. The lowest BCUT2D eigenvalue weighted by atomic mass is 9.87. The van der Waals surface area contributed by atoms with Gasteiger partial charge in [-0.05, 0) is 42.9 Å². The molecule has 2 aliphatic rings. The van der Waals surface area contributed by atoms with Gasteiger partial charge in [0.05, 0.1) is 5.56 Å². The van der Waals surface area contributed by atoms with Crippen LogP contribution in [0.1, 0.15) is 27.9 Å². The highest BCUT2D eigenvalue weighted by atomic mass is 16.7. The molecular formula is C14H16O3. The highest BCUT2D eigenvalue weighted by Crippen LogP contribution is 2.50. The van der Waals surface area contributed by atoms with Crippen molar-refractivity contribution in [3.05, 3.63) is 28.8 Å². The molecule has 17 heavy (non-hydrogen) atoms. The van der Waals surface area contributed by atoms with Gasteiger partial charge in [0, 0.05) is 13.0 Å². The number of carbonyl (C=O) groups excluding carboxylic acids is 1. The topological polar surface area (TPSA) is 35.5 Å².